The van der Waals surface area contributed by atoms with Crippen LogP contribution in [0.4, 0.5) is 0 Å². The number of hydrogen-bond donors (Lipinski definition) is 0. The summed E-state index contributed by atoms with van der Waals surface area (Å²) in [4.78, 5) is 4.52. The quantitative estimate of drug-likeness (QED) is 0.791. The lowest BCUT2D eigenvalue weighted by Crippen LogP contribution is -2.44. The van der Waals surface area contributed by atoms with Gasteiger partial charge in [0.1, 0.15) is 12.2 Å². The number of hydrogen-bond acceptors (Lipinski definition) is 5. The van der Waals surface area contributed by atoms with Crippen molar-refractivity contribution in [2.45, 2.75) is 64.1 Å². The molecule has 0 amide bonds. The summed E-state index contributed by atoms with van der Waals surface area (Å²) in [6.07, 6.45) is 7.67. The van der Waals surface area contributed by atoms with Crippen molar-refractivity contribution < 1.29 is 9.31 Å². The van der Waals surface area contributed by atoms with Crippen molar-refractivity contribution >= 4 is 12.6 Å². The molecule has 2 aromatic rings. The number of aromatic nitrogens is 4. The van der Waals surface area contributed by atoms with Crippen LogP contribution in [0, 0.1) is 5.92 Å². The predicted molar refractivity (Wildman–Crippen MR) is 100 cm³/mol. The first-order valence-corrected chi connectivity index (χ1v) is 9.30. The van der Waals surface area contributed by atoms with Gasteiger partial charge in [-0.05, 0) is 52.0 Å². The van der Waals surface area contributed by atoms with Crippen LogP contribution in [-0.2, 0) is 21.8 Å². The molecule has 2 fully saturated rings. The molecule has 0 bridgehead atoms. The van der Waals surface area contributed by atoms with Crippen molar-refractivity contribution in [2.24, 2.45) is 13.0 Å². The Kier molecular flexibility index (Phi) is 3.83. The lowest BCUT2D eigenvalue weighted by molar-refractivity contribution is 0.00578. The summed E-state index contributed by atoms with van der Waals surface area (Å²) in [7, 11) is 1.60. The standard InChI is InChI=1S/C19H27BN4O2/c1-13-8-19(9-13,16-23-22-12-24(16)6)14-7-15(11-21-10-14)20-25-17(2,3)18(4,5)26-20/h7,10-13H,8-9H2,1-6H3. The van der Waals surface area contributed by atoms with Gasteiger partial charge in [0.2, 0.25) is 0 Å². The minimum atomic E-state index is -0.401. The van der Waals surface area contributed by atoms with Crippen molar-refractivity contribution in [3.63, 3.8) is 0 Å². The molecule has 0 N–H and O–H groups in total. The van der Waals surface area contributed by atoms with E-state index in [1.807, 2.05) is 24.0 Å². The third-order valence-corrected chi connectivity index (χ3v) is 6.37. The summed E-state index contributed by atoms with van der Waals surface area (Å²) in [6, 6.07) is 2.18. The Balaban J connectivity index is 1.71. The molecule has 2 aliphatic rings. The molecule has 0 atom stereocenters. The minimum Gasteiger partial charge on any atom is -0.399 e. The van der Waals surface area contributed by atoms with Crippen LogP contribution < -0.4 is 5.46 Å². The van der Waals surface area contributed by atoms with Crippen LogP contribution in [-0.4, -0.2) is 38.1 Å². The third kappa shape index (κ3) is 2.52. The van der Waals surface area contributed by atoms with Crippen LogP contribution in [0.5, 0.6) is 0 Å². The Morgan fingerprint density at radius 2 is 1.77 bits per heavy atom. The van der Waals surface area contributed by atoms with Crippen LogP contribution in [0.25, 0.3) is 0 Å². The lowest BCUT2D eigenvalue weighted by atomic mass is 9.58. The molecule has 1 aliphatic carbocycles. The maximum atomic E-state index is 6.21. The molecule has 7 heteroatoms. The lowest BCUT2D eigenvalue weighted by Gasteiger charge is -2.45. The first-order valence-electron chi connectivity index (χ1n) is 9.30. The Morgan fingerprint density at radius 1 is 1.12 bits per heavy atom. The molecule has 1 aliphatic heterocycles. The van der Waals surface area contributed by atoms with Gasteiger partial charge in [-0.3, -0.25) is 4.98 Å². The van der Waals surface area contributed by atoms with E-state index in [1.54, 1.807) is 6.33 Å². The fourth-order valence-corrected chi connectivity index (χ4v) is 4.22. The van der Waals surface area contributed by atoms with E-state index in [0.29, 0.717) is 5.92 Å². The smallest absolute Gasteiger partial charge is 0.399 e. The van der Waals surface area contributed by atoms with E-state index in [4.69, 9.17) is 9.31 Å². The van der Waals surface area contributed by atoms with Gasteiger partial charge >= 0.3 is 7.12 Å². The average molecular weight is 354 g/mol. The highest BCUT2D eigenvalue weighted by Crippen LogP contribution is 2.51. The van der Waals surface area contributed by atoms with Gasteiger partial charge in [0.05, 0.1) is 16.6 Å². The van der Waals surface area contributed by atoms with Crippen molar-refractivity contribution in [1.82, 2.24) is 19.7 Å². The Hall–Kier alpha value is -1.73. The van der Waals surface area contributed by atoms with Gasteiger partial charge in [-0.25, -0.2) is 0 Å². The maximum Gasteiger partial charge on any atom is 0.496 e. The summed E-state index contributed by atoms with van der Waals surface area (Å²) in [6.45, 7) is 10.6. The van der Waals surface area contributed by atoms with Gasteiger partial charge in [0.15, 0.2) is 0 Å². The molecule has 0 radical (unpaired) electrons. The van der Waals surface area contributed by atoms with E-state index in [0.717, 1.165) is 24.1 Å². The molecule has 2 aromatic heterocycles. The molecule has 26 heavy (non-hydrogen) atoms. The van der Waals surface area contributed by atoms with Crippen molar-refractivity contribution in [1.29, 1.82) is 0 Å². The Morgan fingerprint density at radius 3 is 2.31 bits per heavy atom. The van der Waals surface area contributed by atoms with E-state index >= 15 is 0 Å². The molecule has 0 spiro atoms. The second kappa shape index (κ2) is 5.63. The topological polar surface area (TPSA) is 62.1 Å². The van der Waals surface area contributed by atoms with Crippen LogP contribution >= 0.6 is 0 Å². The Bertz CT molecular complexity index is 810. The second-order valence-corrected chi connectivity index (χ2v) is 8.96. The number of rotatable bonds is 3. The molecule has 0 unspecified atom stereocenters. The van der Waals surface area contributed by atoms with E-state index in [9.17, 15) is 0 Å². The fraction of sp³-hybridized carbons (Fsp3) is 0.632. The van der Waals surface area contributed by atoms with E-state index in [-0.39, 0.29) is 16.6 Å². The molecule has 1 saturated carbocycles. The number of nitrogens with zero attached hydrogens (tertiary/aromatic N) is 4. The zero-order chi connectivity index (χ0) is 18.7. The molecule has 138 valence electrons. The largest absolute Gasteiger partial charge is 0.496 e. The average Bonchev–Trinajstić information content (AvgIpc) is 3.05. The zero-order valence-electron chi connectivity index (χ0n) is 16.5. The Labute approximate surface area is 155 Å². The monoisotopic (exact) mass is 354 g/mol. The van der Waals surface area contributed by atoms with E-state index in [2.05, 4.69) is 55.9 Å². The van der Waals surface area contributed by atoms with Gasteiger partial charge < -0.3 is 13.9 Å². The fourth-order valence-electron chi connectivity index (χ4n) is 4.22. The van der Waals surface area contributed by atoms with Crippen LogP contribution in [0.1, 0.15) is 58.8 Å². The maximum absolute atomic E-state index is 6.21. The highest BCUT2D eigenvalue weighted by atomic mass is 16.7. The van der Waals surface area contributed by atoms with Crippen molar-refractivity contribution in [2.75, 3.05) is 0 Å². The molecular formula is C19H27BN4O2. The van der Waals surface area contributed by atoms with E-state index in [1.165, 1.54) is 5.56 Å². The summed E-state index contributed by atoms with van der Waals surface area (Å²) >= 11 is 0. The minimum absolute atomic E-state index is 0.128. The molecule has 4 rings (SSSR count). The number of aryl methyl sites for hydroxylation is 1. The summed E-state index contributed by atoms with van der Waals surface area (Å²) in [5.41, 5.74) is 1.28. The van der Waals surface area contributed by atoms with Crippen LogP contribution in [0.2, 0.25) is 0 Å². The first-order chi connectivity index (χ1) is 12.1. The SMILES string of the molecule is CC1CC(c2cncc(B3OC(C)(C)C(C)(C)O3)c2)(c2nncn2C)C1. The first kappa shape index (κ1) is 17.7. The normalized spacial score (nSPS) is 29.6. The van der Waals surface area contributed by atoms with E-state index < -0.39 is 7.12 Å². The van der Waals surface area contributed by atoms with Gasteiger partial charge in [-0.2, -0.15) is 0 Å². The number of pyridine rings is 1. The molecule has 0 aromatic carbocycles. The van der Waals surface area contributed by atoms with Gasteiger partial charge in [0.25, 0.3) is 0 Å². The van der Waals surface area contributed by atoms with Crippen LogP contribution in [0.15, 0.2) is 24.8 Å². The molecule has 1 saturated heterocycles. The van der Waals surface area contributed by atoms with Gasteiger partial charge in [0, 0.05) is 24.9 Å². The predicted octanol–water partition coefficient (Wildman–Crippen LogP) is 2.23. The van der Waals surface area contributed by atoms with Crippen molar-refractivity contribution in [3.8, 4) is 0 Å². The van der Waals surface area contributed by atoms with Crippen LogP contribution in [0.3, 0.4) is 0 Å². The van der Waals surface area contributed by atoms with Gasteiger partial charge in [-0.15, -0.1) is 10.2 Å². The molecule has 3 heterocycles. The summed E-state index contributed by atoms with van der Waals surface area (Å²) in [5, 5.41) is 8.52. The highest BCUT2D eigenvalue weighted by Gasteiger charge is 2.53. The molecule has 6 nitrogen and oxygen atoms in total. The van der Waals surface area contributed by atoms with Crippen molar-refractivity contribution in [3.05, 3.63) is 36.2 Å². The van der Waals surface area contributed by atoms with Gasteiger partial charge in [-0.1, -0.05) is 13.0 Å². The molecular weight excluding hydrogens is 327 g/mol. The zero-order valence-corrected chi connectivity index (χ0v) is 16.5. The summed E-state index contributed by atoms with van der Waals surface area (Å²) < 4.78 is 14.4. The second-order valence-electron chi connectivity index (χ2n) is 8.96. The highest BCUT2D eigenvalue weighted by molar-refractivity contribution is 6.62. The third-order valence-electron chi connectivity index (χ3n) is 6.37. The summed E-state index contributed by atoms with van der Waals surface area (Å²) in [5.74, 6) is 1.66.